The van der Waals surface area contributed by atoms with Crippen molar-refractivity contribution in [2.45, 2.75) is 37.8 Å². The van der Waals surface area contributed by atoms with Crippen molar-refractivity contribution in [3.05, 3.63) is 62.4 Å². The van der Waals surface area contributed by atoms with Gasteiger partial charge in [0.05, 0.1) is 33.6 Å². The molecule has 1 aliphatic heterocycles. The van der Waals surface area contributed by atoms with E-state index in [0.29, 0.717) is 46.2 Å². The van der Waals surface area contributed by atoms with Gasteiger partial charge in [-0.25, -0.2) is 9.97 Å². The molecule has 0 aromatic carbocycles. The van der Waals surface area contributed by atoms with Crippen LogP contribution in [0.4, 0.5) is 5.69 Å². The predicted octanol–water partition coefficient (Wildman–Crippen LogP) is 3.67. The fourth-order valence-corrected chi connectivity index (χ4v) is 4.56. The van der Waals surface area contributed by atoms with Crippen molar-refractivity contribution in [2.75, 3.05) is 11.4 Å². The zero-order valence-electron chi connectivity index (χ0n) is 19.2. The summed E-state index contributed by atoms with van der Waals surface area (Å²) in [5, 5.41) is 1.18. The molecule has 2 fully saturated rings. The Labute approximate surface area is 226 Å². The average molecular weight is 586 g/mol. The van der Waals surface area contributed by atoms with Crippen molar-refractivity contribution >= 4 is 58.1 Å². The third kappa shape index (κ3) is 5.96. The number of carbonyl (C=O) groups is 3. The second kappa shape index (κ2) is 11.6. The van der Waals surface area contributed by atoms with E-state index < -0.39 is 20.7 Å². The Kier molecular flexibility index (Phi) is 8.49. The van der Waals surface area contributed by atoms with E-state index in [1.807, 2.05) is 4.57 Å². The van der Waals surface area contributed by atoms with E-state index in [1.165, 1.54) is 12.4 Å². The molecule has 0 bridgehead atoms. The van der Waals surface area contributed by atoms with E-state index in [0.717, 1.165) is 43.2 Å². The van der Waals surface area contributed by atoms with Crippen LogP contribution in [0.2, 0.25) is 10.3 Å². The van der Waals surface area contributed by atoms with E-state index in [9.17, 15) is 19.2 Å². The van der Waals surface area contributed by atoms with Gasteiger partial charge >= 0.3 is 22.5 Å². The van der Waals surface area contributed by atoms with Crippen molar-refractivity contribution in [1.82, 2.24) is 14.5 Å². The molecule has 1 unspecified atom stereocenters. The summed E-state index contributed by atoms with van der Waals surface area (Å²) in [5.41, 5.74) is 1.99. The summed E-state index contributed by atoms with van der Waals surface area (Å²) in [5.74, 6) is -0.706. The molecule has 0 radical (unpaired) electrons. The molecule has 2 aliphatic carbocycles. The molecule has 4 heterocycles. The van der Waals surface area contributed by atoms with Crippen LogP contribution >= 0.6 is 23.2 Å². The van der Waals surface area contributed by atoms with E-state index in [-0.39, 0.29) is 16.8 Å². The summed E-state index contributed by atoms with van der Waals surface area (Å²) in [4.78, 5) is 55.7. The topological polar surface area (TPSA) is 136 Å². The monoisotopic (exact) mass is 585 g/mol. The number of aldehydes is 2. The van der Waals surface area contributed by atoms with Crippen LogP contribution in [0.3, 0.4) is 0 Å². The number of halogens is 2. The van der Waals surface area contributed by atoms with Crippen molar-refractivity contribution in [3.8, 4) is 0 Å². The van der Waals surface area contributed by atoms with E-state index in [4.69, 9.17) is 30.9 Å². The molecular weight excluding hydrogens is 566 g/mol. The second-order valence-electron chi connectivity index (χ2n) is 8.77. The number of aromatic nitrogens is 3. The zero-order valence-corrected chi connectivity index (χ0v) is 21.9. The molecule has 0 N–H and O–H groups in total. The van der Waals surface area contributed by atoms with Gasteiger partial charge in [0.2, 0.25) is 5.43 Å². The van der Waals surface area contributed by atoms with Crippen LogP contribution in [0.15, 0.2) is 35.5 Å². The molecule has 0 amide bonds. The molecule has 37 heavy (non-hydrogen) atoms. The van der Waals surface area contributed by atoms with E-state index in [2.05, 4.69) is 14.9 Å². The number of carbonyl (C=O) groups excluding carboxylic acids is 3. The molecule has 1 atom stereocenters. The van der Waals surface area contributed by atoms with Gasteiger partial charge in [-0.2, -0.15) is 0 Å². The average Bonchev–Trinajstić information content (AvgIpc) is 3.80. The third-order valence-electron chi connectivity index (χ3n) is 6.28. The first-order chi connectivity index (χ1) is 17.8. The molecule has 3 aromatic heterocycles. The van der Waals surface area contributed by atoms with Gasteiger partial charge in [-0.3, -0.25) is 14.4 Å². The number of hydrogen-bond acceptors (Lipinski definition) is 9. The van der Waals surface area contributed by atoms with Crippen molar-refractivity contribution < 1.29 is 36.9 Å². The Hall–Kier alpha value is -2.98. The Morgan fingerprint density at radius 3 is 2.16 bits per heavy atom. The van der Waals surface area contributed by atoms with Gasteiger partial charge in [-0.1, -0.05) is 23.2 Å². The minimum absolute atomic E-state index is 0.143. The van der Waals surface area contributed by atoms with Gasteiger partial charge in [0.1, 0.15) is 16.6 Å². The van der Waals surface area contributed by atoms with Gasteiger partial charge in [0, 0.05) is 37.2 Å². The molecular formula is C24H20Cl2MnN4O6. The van der Waals surface area contributed by atoms with Gasteiger partial charge < -0.3 is 14.3 Å². The Morgan fingerprint density at radius 1 is 0.946 bits per heavy atom. The van der Waals surface area contributed by atoms with Crippen LogP contribution in [-0.4, -0.2) is 45.5 Å². The van der Waals surface area contributed by atoms with Crippen LogP contribution in [0.1, 0.15) is 52.4 Å². The molecule has 2 saturated carbocycles. The fraction of sp³-hybridized carbons (Fsp3) is 0.333. The first kappa shape index (κ1) is 27.1. The molecule has 6 rings (SSSR count). The van der Waals surface area contributed by atoms with Crippen LogP contribution < -0.4 is 10.3 Å². The number of Topliss-reactive ketones (excluding diaryl/α,β-unsaturated/α-hetero) is 1. The summed E-state index contributed by atoms with van der Waals surface area (Å²) in [6.45, 7) is 0.473. The normalized spacial score (nSPS) is 18.1. The molecule has 193 valence electrons. The van der Waals surface area contributed by atoms with Crippen LogP contribution in [-0.2, 0) is 27.3 Å². The molecule has 3 aromatic rings. The van der Waals surface area contributed by atoms with Crippen molar-refractivity contribution in [1.29, 1.82) is 0 Å². The Bertz CT molecular complexity index is 1480. The second-order valence-corrected chi connectivity index (χ2v) is 9.74. The van der Waals surface area contributed by atoms with Crippen molar-refractivity contribution in [3.63, 3.8) is 0 Å². The Morgan fingerprint density at radius 2 is 1.57 bits per heavy atom. The molecule has 13 heteroatoms. The zero-order chi connectivity index (χ0) is 26.7. The number of anilines is 1. The first-order valence-electron chi connectivity index (χ1n) is 11.3. The standard InChI is InChI=1S/C12H11ClN2O2.C12H9ClN2O2.Mn.2O/c2*13-11-3-10-9(4-14-11)12(17)7(6-16)5-15(10)8-1-2-8;;;/h3-4,6-8H,1-2,5H2;3-6,8H,1-2H2;;;. The number of ketones is 1. The first-order valence-corrected chi connectivity index (χ1v) is 13.0. The summed E-state index contributed by atoms with van der Waals surface area (Å²) >= 11 is 10.3. The fourth-order valence-electron chi connectivity index (χ4n) is 4.26. The van der Waals surface area contributed by atoms with Gasteiger partial charge in [-0.05, 0) is 37.8 Å². The predicted molar refractivity (Wildman–Crippen MR) is 130 cm³/mol. The van der Waals surface area contributed by atoms with Gasteiger partial charge in [0.15, 0.2) is 12.1 Å². The number of hydrogen-bond donors (Lipinski definition) is 0. The maximum absolute atomic E-state index is 12.0. The number of nitrogens with zero attached hydrogens (tertiary/aromatic N) is 4. The molecule has 0 spiro atoms. The SMILES string of the molecule is O=CC1CN(C2CC2)c2cc(Cl)ncc2C1=O.O=Cc1cn(C2CC2)c2cc(Cl)ncc2c1=O.[O]=[Mn]=[O]. The summed E-state index contributed by atoms with van der Waals surface area (Å²) < 4.78 is 18.8. The number of rotatable bonds is 4. The summed E-state index contributed by atoms with van der Waals surface area (Å²) in [6.07, 6.45) is 10.2. The summed E-state index contributed by atoms with van der Waals surface area (Å²) in [7, 11) is 0. The number of fused-ring (bicyclic) bond motifs is 2. The minimum atomic E-state index is -1.44. The van der Waals surface area contributed by atoms with Crippen molar-refractivity contribution in [2.24, 2.45) is 5.92 Å². The molecule has 10 nitrogen and oxygen atoms in total. The maximum atomic E-state index is 12.0. The van der Waals surface area contributed by atoms with Gasteiger partial charge in [-0.15, -0.1) is 0 Å². The van der Waals surface area contributed by atoms with Crippen LogP contribution in [0.25, 0.3) is 10.9 Å². The number of pyridine rings is 3. The van der Waals surface area contributed by atoms with Crippen LogP contribution in [0, 0.1) is 5.92 Å². The third-order valence-corrected chi connectivity index (χ3v) is 6.70. The molecule has 0 saturated heterocycles. The van der Waals surface area contributed by atoms with Crippen LogP contribution in [0.5, 0.6) is 0 Å². The van der Waals surface area contributed by atoms with E-state index >= 15 is 0 Å². The quantitative estimate of drug-likeness (QED) is 0.194. The Balaban J connectivity index is 0.000000157. The van der Waals surface area contributed by atoms with E-state index in [1.54, 1.807) is 18.3 Å². The van der Waals surface area contributed by atoms with Gasteiger partial charge in [0.25, 0.3) is 0 Å². The molecule has 3 aliphatic rings. The summed E-state index contributed by atoms with van der Waals surface area (Å²) in [6, 6.07) is 4.21.